The number of nitrogens with one attached hydrogen (secondary N) is 1. The molecular formula is C16H12Cl2N4OS. The van der Waals surface area contributed by atoms with Crippen LogP contribution in [0.5, 0.6) is 0 Å². The van der Waals surface area contributed by atoms with Crippen LogP contribution < -0.4 is 11.1 Å². The van der Waals surface area contributed by atoms with E-state index in [9.17, 15) is 4.79 Å². The fraction of sp³-hybridized carbons (Fsp3) is 0.0625. The van der Waals surface area contributed by atoms with Gasteiger partial charge in [-0.3, -0.25) is 4.79 Å². The molecule has 122 valence electrons. The highest BCUT2D eigenvalue weighted by Gasteiger charge is 2.12. The molecule has 0 radical (unpaired) electrons. The number of aromatic nitrogens is 2. The van der Waals surface area contributed by atoms with Crippen LogP contribution in [0.2, 0.25) is 10.0 Å². The van der Waals surface area contributed by atoms with Crippen molar-refractivity contribution in [3.63, 3.8) is 0 Å². The van der Waals surface area contributed by atoms with Gasteiger partial charge in [-0.15, -0.1) is 11.3 Å². The molecule has 0 aliphatic heterocycles. The van der Waals surface area contributed by atoms with Crippen LogP contribution >= 0.6 is 34.5 Å². The fourth-order valence-corrected chi connectivity index (χ4v) is 3.40. The van der Waals surface area contributed by atoms with Crippen LogP contribution in [0.3, 0.4) is 0 Å². The van der Waals surface area contributed by atoms with Crippen LogP contribution in [0.1, 0.15) is 15.2 Å². The van der Waals surface area contributed by atoms with E-state index in [1.165, 1.54) is 11.3 Å². The topological polar surface area (TPSA) is 80.9 Å². The smallest absolute Gasteiger partial charge is 0.261 e. The second-order valence-electron chi connectivity index (χ2n) is 4.88. The molecule has 0 atom stereocenters. The third-order valence-electron chi connectivity index (χ3n) is 3.21. The highest BCUT2D eigenvalue weighted by atomic mass is 35.5. The van der Waals surface area contributed by atoms with Crippen LogP contribution in [-0.2, 0) is 6.54 Å². The minimum Gasteiger partial charge on any atom is -0.368 e. The number of hydrogen-bond donors (Lipinski definition) is 2. The Hall–Kier alpha value is -2.15. The minimum absolute atomic E-state index is 0.181. The van der Waals surface area contributed by atoms with E-state index in [4.69, 9.17) is 28.9 Å². The van der Waals surface area contributed by atoms with E-state index in [2.05, 4.69) is 15.3 Å². The number of carbonyl (C=O) groups is 1. The van der Waals surface area contributed by atoms with Gasteiger partial charge in [0.05, 0.1) is 15.4 Å². The molecule has 0 spiro atoms. The molecule has 3 rings (SSSR count). The Balaban J connectivity index is 1.70. The molecule has 3 aromatic rings. The van der Waals surface area contributed by atoms with Gasteiger partial charge in [-0.25, -0.2) is 9.97 Å². The number of carbonyl (C=O) groups excluding carboxylic acids is 1. The van der Waals surface area contributed by atoms with Crippen molar-refractivity contribution in [1.82, 2.24) is 15.3 Å². The molecule has 5 nitrogen and oxygen atoms in total. The van der Waals surface area contributed by atoms with Gasteiger partial charge in [0.2, 0.25) is 5.95 Å². The second kappa shape index (κ2) is 7.17. The third kappa shape index (κ3) is 3.84. The molecule has 1 aromatic carbocycles. The summed E-state index contributed by atoms with van der Waals surface area (Å²) < 4.78 is 0. The molecule has 24 heavy (non-hydrogen) atoms. The predicted octanol–water partition coefficient (Wildman–Crippen LogP) is 4.02. The molecule has 0 saturated carbocycles. The molecule has 1 amide bonds. The van der Waals surface area contributed by atoms with Crippen LogP contribution in [0, 0.1) is 0 Å². The zero-order valence-corrected chi connectivity index (χ0v) is 14.6. The number of anilines is 1. The predicted molar refractivity (Wildman–Crippen MR) is 97.4 cm³/mol. The fourth-order valence-electron chi connectivity index (χ4n) is 2.04. The highest BCUT2D eigenvalue weighted by Crippen LogP contribution is 2.27. The lowest BCUT2D eigenvalue weighted by Crippen LogP contribution is -2.21. The molecule has 0 bridgehead atoms. The van der Waals surface area contributed by atoms with Crippen molar-refractivity contribution in [2.75, 3.05) is 5.73 Å². The van der Waals surface area contributed by atoms with E-state index in [1.54, 1.807) is 36.5 Å². The number of halogens is 2. The van der Waals surface area contributed by atoms with Gasteiger partial charge in [0, 0.05) is 22.8 Å². The van der Waals surface area contributed by atoms with E-state index < -0.39 is 0 Å². The molecule has 2 heterocycles. The standard InChI is InChI=1S/C16H12Cl2N4OS/c17-10-2-1-9(11(18)7-10)8-21-15(23)14-4-3-13(24-14)12-5-6-20-16(19)22-12/h1-7H,8H2,(H,21,23)(H2,19,20,22). The Labute approximate surface area is 152 Å². The summed E-state index contributed by atoms with van der Waals surface area (Å²) in [4.78, 5) is 21.7. The van der Waals surface area contributed by atoms with Crippen LogP contribution in [0.4, 0.5) is 5.95 Å². The molecule has 0 saturated heterocycles. The van der Waals surface area contributed by atoms with E-state index in [0.29, 0.717) is 27.2 Å². The molecule has 0 aliphatic carbocycles. The van der Waals surface area contributed by atoms with Gasteiger partial charge in [-0.1, -0.05) is 29.3 Å². The van der Waals surface area contributed by atoms with Gasteiger partial charge in [-0.2, -0.15) is 0 Å². The first-order valence-corrected chi connectivity index (χ1v) is 8.51. The Kier molecular flexibility index (Phi) is 4.99. The average molecular weight is 379 g/mol. The summed E-state index contributed by atoms with van der Waals surface area (Å²) in [5, 5.41) is 3.92. The zero-order valence-electron chi connectivity index (χ0n) is 12.3. The summed E-state index contributed by atoms with van der Waals surface area (Å²) in [6, 6.07) is 10.5. The number of nitrogens with two attached hydrogens (primary N) is 1. The first-order valence-electron chi connectivity index (χ1n) is 6.94. The number of rotatable bonds is 4. The largest absolute Gasteiger partial charge is 0.368 e. The number of hydrogen-bond acceptors (Lipinski definition) is 5. The SMILES string of the molecule is Nc1nccc(-c2ccc(C(=O)NCc3ccc(Cl)cc3Cl)s2)n1. The normalized spacial score (nSPS) is 10.6. The van der Waals surface area contributed by atoms with Crippen LogP contribution in [-0.4, -0.2) is 15.9 Å². The Morgan fingerprint density at radius 2 is 2.04 bits per heavy atom. The minimum atomic E-state index is -0.181. The molecule has 8 heteroatoms. The average Bonchev–Trinajstić information content (AvgIpc) is 3.04. The van der Waals surface area contributed by atoms with Gasteiger partial charge >= 0.3 is 0 Å². The summed E-state index contributed by atoms with van der Waals surface area (Å²) in [7, 11) is 0. The quantitative estimate of drug-likeness (QED) is 0.717. The first-order chi connectivity index (χ1) is 11.5. The molecule has 0 aliphatic rings. The van der Waals surface area contributed by atoms with Crippen LogP contribution in [0.15, 0.2) is 42.6 Å². The van der Waals surface area contributed by atoms with Gasteiger partial charge < -0.3 is 11.1 Å². The van der Waals surface area contributed by atoms with Crippen molar-refractivity contribution < 1.29 is 4.79 Å². The Morgan fingerprint density at radius 1 is 1.21 bits per heavy atom. The van der Waals surface area contributed by atoms with E-state index in [0.717, 1.165) is 10.4 Å². The zero-order chi connectivity index (χ0) is 17.1. The van der Waals surface area contributed by atoms with Gasteiger partial charge in [0.15, 0.2) is 0 Å². The summed E-state index contributed by atoms with van der Waals surface area (Å²) >= 11 is 13.3. The Bertz CT molecular complexity index is 897. The number of nitrogen functional groups attached to an aromatic ring is 1. The highest BCUT2D eigenvalue weighted by molar-refractivity contribution is 7.17. The molecule has 3 N–H and O–H groups in total. The first kappa shape index (κ1) is 16.7. The van der Waals surface area contributed by atoms with Gasteiger partial charge in [0.25, 0.3) is 5.91 Å². The van der Waals surface area contributed by atoms with Crippen LogP contribution in [0.25, 0.3) is 10.6 Å². The summed E-state index contributed by atoms with van der Waals surface area (Å²) in [5.74, 6) is 0.0172. The number of nitrogens with zero attached hydrogens (tertiary/aromatic N) is 2. The van der Waals surface area contributed by atoms with E-state index >= 15 is 0 Å². The summed E-state index contributed by atoms with van der Waals surface area (Å²) in [5.41, 5.74) is 7.07. The van der Waals surface area contributed by atoms with Crippen molar-refractivity contribution in [1.29, 1.82) is 0 Å². The van der Waals surface area contributed by atoms with Gasteiger partial charge in [-0.05, 0) is 35.9 Å². The lowest BCUT2D eigenvalue weighted by molar-refractivity contribution is 0.0955. The Morgan fingerprint density at radius 3 is 2.79 bits per heavy atom. The number of benzene rings is 1. The van der Waals surface area contributed by atoms with Crippen molar-refractivity contribution in [3.8, 4) is 10.6 Å². The van der Waals surface area contributed by atoms with Crippen molar-refractivity contribution in [2.45, 2.75) is 6.54 Å². The van der Waals surface area contributed by atoms with Gasteiger partial charge in [0.1, 0.15) is 0 Å². The monoisotopic (exact) mass is 378 g/mol. The lowest BCUT2D eigenvalue weighted by atomic mass is 10.2. The lowest BCUT2D eigenvalue weighted by Gasteiger charge is -2.06. The van der Waals surface area contributed by atoms with E-state index in [-0.39, 0.29) is 11.9 Å². The number of amides is 1. The third-order valence-corrected chi connectivity index (χ3v) is 4.90. The molecule has 0 unspecified atom stereocenters. The van der Waals surface area contributed by atoms with Crippen molar-refractivity contribution in [3.05, 3.63) is 63.1 Å². The van der Waals surface area contributed by atoms with Crippen molar-refractivity contribution in [2.24, 2.45) is 0 Å². The molecule has 0 fully saturated rings. The summed E-state index contributed by atoms with van der Waals surface area (Å²) in [6.07, 6.45) is 1.58. The number of thiophene rings is 1. The molecular weight excluding hydrogens is 367 g/mol. The maximum absolute atomic E-state index is 12.3. The maximum atomic E-state index is 12.3. The second-order valence-corrected chi connectivity index (χ2v) is 6.81. The maximum Gasteiger partial charge on any atom is 0.261 e. The summed E-state index contributed by atoms with van der Waals surface area (Å²) in [6.45, 7) is 0.322. The molecule has 2 aromatic heterocycles. The van der Waals surface area contributed by atoms with Crippen molar-refractivity contribution >= 4 is 46.4 Å². The van der Waals surface area contributed by atoms with E-state index in [1.807, 2.05) is 6.07 Å².